The first-order valence-electron chi connectivity index (χ1n) is 4.69. The molecule has 2 rings (SSSR count). The van der Waals surface area contributed by atoms with Gasteiger partial charge in [0.05, 0.1) is 6.04 Å². The highest BCUT2D eigenvalue weighted by molar-refractivity contribution is 5.84. The van der Waals surface area contributed by atoms with Gasteiger partial charge in [0, 0.05) is 29.7 Å². The lowest BCUT2D eigenvalue weighted by atomic mass is 10.1. The molecule has 0 radical (unpaired) electrons. The van der Waals surface area contributed by atoms with Crippen molar-refractivity contribution < 1.29 is 8.78 Å². The molecule has 0 unspecified atom stereocenters. The molecule has 0 bridgehead atoms. The molecule has 1 atom stereocenters. The molecule has 0 fully saturated rings. The van der Waals surface area contributed by atoms with E-state index in [1.165, 1.54) is 0 Å². The molecular formula is C11H12F2N2. The maximum atomic E-state index is 12.5. The number of nitrogens with two attached hydrogens (primary N) is 1. The molecule has 1 aromatic carbocycles. The molecule has 0 saturated carbocycles. The largest absolute Gasteiger partial charge is 0.350 e. The van der Waals surface area contributed by atoms with Crippen molar-refractivity contribution in [3.05, 3.63) is 36.0 Å². The van der Waals surface area contributed by atoms with Gasteiger partial charge in [0.2, 0.25) is 0 Å². The van der Waals surface area contributed by atoms with Crippen LogP contribution in [0.25, 0.3) is 10.9 Å². The van der Waals surface area contributed by atoms with Gasteiger partial charge < -0.3 is 10.3 Å². The Balaban J connectivity index is 2.62. The van der Waals surface area contributed by atoms with Crippen LogP contribution in [0.1, 0.15) is 11.6 Å². The van der Waals surface area contributed by atoms with Crippen LogP contribution in [0.15, 0.2) is 30.5 Å². The Bertz CT molecular complexity index is 476. The average Bonchev–Trinajstić information content (AvgIpc) is 2.56. The van der Waals surface area contributed by atoms with Gasteiger partial charge in [-0.1, -0.05) is 18.2 Å². The van der Waals surface area contributed by atoms with E-state index in [0.717, 1.165) is 10.9 Å². The van der Waals surface area contributed by atoms with E-state index < -0.39 is 12.5 Å². The van der Waals surface area contributed by atoms with Gasteiger partial charge in [-0.2, -0.15) is 0 Å². The summed E-state index contributed by atoms with van der Waals surface area (Å²) in [5.74, 6) is 0. The van der Waals surface area contributed by atoms with Gasteiger partial charge in [-0.25, -0.2) is 8.78 Å². The summed E-state index contributed by atoms with van der Waals surface area (Å²) in [5, 5.41) is 0.799. The summed E-state index contributed by atoms with van der Waals surface area (Å²) in [4.78, 5) is 0. The molecule has 0 aliphatic carbocycles. The maximum Gasteiger partial charge on any atom is 0.257 e. The highest BCUT2D eigenvalue weighted by atomic mass is 19.3. The van der Waals surface area contributed by atoms with E-state index in [1.807, 2.05) is 35.9 Å². The van der Waals surface area contributed by atoms with E-state index in [-0.39, 0.29) is 0 Å². The second-order valence-corrected chi connectivity index (χ2v) is 3.57. The van der Waals surface area contributed by atoms with Crippen LogP contribution in [0.3, 0.4) is 0 Å². The topological polar surface area (TPSA) is 30.9 Å². The zero-order chi connectivity index (χ0) is 11.0. The summed E-state index contributed by atoms with van der Waals surface area (Å²) in [7, 11) is 1.82. The van der Waals surface area contributed by atoms with Crippen LogP contribution >= 0.6 is 0 Å². The predicted octanol–water partition coefficient (Wildman–Crippen LogP) is 2.44. The van der Waals surface area contributed by atoms with Gasteiger partial charge in [-0.05, 0) is 6.07 Å². The number of halogens is 2. The first-order valence-corrected chi connectivity index (χ1v) is 4.69. The van der Waals surface area contributed by atoms with Crippen molar-refractivity contribution in [2.24, 2.45) is 12.8 Å². The molecule has 1 heterocycles. The minimum atomic E-state index is -2.53. The van der Waals surface area contributed by atoms with Crippen molar-refractivity contribution in [2.45, 2.75) is 12.5 Å². The molecular weight excluding hydrogens is 198 g/mol. The van der Waals surface area contributed by atoms with Crippen molar-refractivity contribution >= 4 is 10.9 Å². The highest BCUT2D eigenvalue weighted by Crippen LogP contribution is 2.27. The number of para-hydroxylation sites is 1. The first kappa shape index (κ1) is 10.1. The summed E-state index contributed by atoms with van der Waals surface area (Å²) >= 11 is 0. The normalized spacial score (nSPS) is 13.7. The Morgan fingerprint density at radius 1 is 1.27 bits per heavy atom. The lowest BCUT2D eigenvalue weighted by Gasteiger charge is -2.08. The Labute approximate surface area is 86.3 Å². The van der Waals surface area contributed by atoms with Gasteiger partial charge in [-0.15, -0.1) is 0 Å². The quantitative estimate of drug-likeness (QED) is 0.810. The third-order valence-corrected chi connectivity index (χ3v) is 2.56. The molecule has 80 valence electrons. The number of nitrogens with zero attached hydrogens (tertiary/aromatic N) is 1. The second-order valence-electron chi connectivity index (χ2n) is 3.57. The third kappa shape index (κ3) is 1.61. The Morgan fingerprint density at radius 2 is 1.93 bits per heavy atom. The predicted molar refractivity (Wildman–Crippen MR) is 55.9 cm³/mol. The van der Waals surface area contributed by atoms with Crippen molar-refractivity contribution in [2.75, 3.05) is 0 Å². The number of aryl methyl sites for hydroxylation is 1. The fourth-order valence-electron chi connectivity index (χ4n) is 1.77. The fourth-order valence-corrected chi connectivity index (χ4v) is 1.77. The van der Waals surface area contributed by atoms with Crippen LogP contribution in [0.4, 0.5) is 8.78 Å². The number of hydrogen-bond acceptors (Lipinski definition) is 1. The second kappa shape index (κ2) is 3.62. The smallest absolute Gasteiger partial charge is 0.257 e. The van der Waals surface area contributed by atoms with E-state index in [4.69, 9.17) is 5.73 Å². The lowest BCUT2D eigenvalue weighted by Crippen LogP contribution is -2.18. The van der Waals surface area contributed by atoms with Gasteiger partial charge in [0.1, 0.15) is 0 Å². The Kier molecular flexibility index (Phi) is 2.44. The Hall–Kier alpha value is -1.42. The van der Waals surface area contributed by atoms with Crippen molar-refractivity contribution in [1.82, 2.24) is 4.57 Å². The summed E-state index contributed by atoms with van der Waals surface area (Å²) in [6, 6.07) is 6.18. The number of fused-ring (bicyclic) bond motifs is 1. The maximum absolute atomic E-state index is 12.5. The van der Waals surface area contributed by atoms with E-state index >= 15 is 0 Å². The minimum Gasteiger partial charge on any atom is -0.350 e. The molecule has 15 heavy (non-hydrogen) atoms. The van der Waals surface area contributed by atoms with Crippen LogP contribution in [-0.4, -0.2) is 11.0 Å². The molecule has 0 aliphatic rings. The monoisotopic (exact) mass is 210 g/mol. The zero-order valence-electron chi connectivity index (χ0n) is 8.32. The van der Waals surface area contributed by atoms with Crippen LogP contribution in [-0.2, 0) is 7.05 Å². The van der Waals surface area contributed by atoms with Crippen LogP contribution in [0.5, 0.6) is 0 Å². The van der Waals surface area contributed by atoms with Gasteiger partial charge >= 0.3 is 0 Å². The number of hydrogen-bond donors (Lipinski definition) is 1. The molecule has 2 nitrogen and oxygen atoms in total. The van der Waals surface area contributed by atoms with Crippen molar-refractivity contribution in [3.63, 3.8) is 0 Å². The van der Waals surface area contributed by atoms with Gasteiger partial charge in [0.25, 0.3) is 6.43 Å². The van der Waals surface area contributed by atoms with Crippen molar-refractivity contribution in [3.8, 4) is 0 Å². The molecule has 2 aromatic rings. The number of benzene rings is 1. The molecule has 0 spiro atoms. The molecule has 1 aromatic heterocycles. The van der Waals surface area contributed by atoms with Crippen LogP contribution < -0.4 is 5.73 Å². The van der Waals surface area contributed by atoms with Gasteiger partial charge in [-0.3, -0.25) is 0 Å². The first-order chi connectivity index (χ1) is 7.11. The average molecular weight is 210 g/mol. The summed E-state index contributed by atoms with van der Waals surface area (Å²) in [5.41, 5.74) is 6.88. The molecule has 2 N–H and O–H groups in total. The molecule has 0 saturated heterocycles. The highest BCUT2D eigenvalue weighted by Gasteiger charge is 2.21. The van der Waals surface area contributed by atoms with Gasteiger partial charge in [0.15, 0.2) is 0 Å². The zero-order valence-corrected chi connectivity index (χ0v) is 8.32. The van der Waals surface area contributed by atoms with E-state index in [9.17, 15) is 8.78 Å². The van der Waals surface area contributed by atoms with E-state index in [0.29, 0.717) is 5.56 Å². The fraction of sp³-hybridized carbons (Fsp3) is 0.273. The van der Waals surface area contributed by atoms with E-state index in [1.54, 1.807) is 6.20 Å². The number of aromatic nitrogens is 1. The summed E-state index contributed by atoms with van der Waals surface area (Å²) < 4.78 is 26.8. The van der Waals surface area contributed by atoms with Crippen LogP contribution in [0, 0.1) is 0 Å². The Morgan fingerprint density at radius 3 is 2.60 bits per heavy atom. The SMILES string of the molecule is Cn1cc([C@@H](N)C(F)F)c2ccccc21. The minimum absolute atomic E-state index is 0.503. The third-order valence-electron chi connectivity index (χ3n) is 2.56. The lowest BCUT2D eigenvalue weighted by molar-refractivity contribution is 0.117. The number of alkyl halides is 2. The standard InChI is InChI=1S/C11H12F2N2/c1-15-6-8(10(14)11(12)13)7-4-2-3-5-9(7)15/h2-6,10-11H,14H2,1H3/t10-/m1/s1. The van der Waals surface area contributed by atoms with Crippen LogP contribution in [0.2, 0.25) is 0 Å². The number of rotatable bonds is 2. The molecule has 0 amide bonds. The molecule has 0 aliphatic heterocycles. The van der Waals surface area contributed by atoms with Crippen molar-refractivity contribution in [1.29, 1.82) is 0 Å². The summed E-state index contributed by atoms with van der Waals surface area (Å²) in [6.45, 7) is 0. The summed E-state index contributed by atoms with van der Waals surface area (Å²) in [6.07, 6.45) is -0.864. The van der Waals surface area contributed by atoms with E-state index in [2.05, 4.69) is 0 Å². The molecule has 4 heteroatoms.